The van der Waals surface area contributed by atoms with Crippen LogP contribution in [-0.4, -0.2) is 51.4 Å². The molecule has 1 fully saturated rings. The number of carbonyl (C=O) groups is 1. The van der Waals surface area contributed by atoms with Gasteiger partial charge in [0.1, 0.15) is 5.82 Å². The van der Waals surface area contributed by atoms with Crippen LogP contribution in [0.5, 0.6) is 0 Å². The van der Waals surface area contributed by atoms with Crippen LogP contribution in [0.4, 0.5) is 0 Å². The number of nitrogens with zero attached hydrogens (tertiary/aromatic N) is 4. The Kier molecular flexibility index (Phi) is 5.71. The van der Waals surface area contributed by atoms with Crippen LogP contribution in [0, 0.1) is 6.92 Å². The molecule has 1 aromatic heterocycles. The predicted molar refractivity (Wildman–Crippen MR) is 101 cm³/mol. The number of rotatable bonds is 6. The third kappa shape index (κ3) is 3.80. The number of amides is 1. The fourth-order valence-electron chi connectivity index (χ4n) is 3.41. The van der Waals surface area contributed by atoms with Crippen molar-refractivity contribution in [2.75, 3.05) is 19.7 Å². The van der Waals surface area contributed by atoms with Gasteiger partial charge in [-0.3, -0.25) is 4.79 Å². The zero-order valence-corrected chi connectivity index (χ0v) is 16.1. The number of carbonyl (C=O) groups excluding carboxylic acids is 1. The molecule has 2 aromatic rings. The van der Waals surface area contributed by atoms with Crippen molar-refractivity contribution in [2.45, 2.75) is 52.6 Å². The largest absolute Gasteiger partial charge is 0.376 e. The van der Waals surface area contributed by atoms with Gasteiger partial charge in [-0.1, -0.05) is 32.0 Å². The smallest absolute Gasteiger partial charge is 0.293 e. The molecule has 0 N–H and O–H groups in total. The van der Waals surface area contributed by atoms with Crippen molar-refractivity contribution in [3.05, 3.63) is 41.5 Å². The molecule has 1 aromatic carbocycles. The highest BCUT2D eigenvalue weighted by atomic mass is 16.5. The van der Waals surface area contributed by atoms with Gasteiger partial charge in [-0.2, -0.15) is 0 Å². The third-order valence-corrected chi connectivity index (χ3v) is 4.86. The van der Waals surface area contributed by atoms with E-state index in [2.05, 4.69) is 30.0 Å². The zero-order valence-electron chi connectivity index (χ0n) is 16.1. The molecular weight excluding hydrogens is 328 g/mol. The van der Waals surface area contributed by atoms with Gasteiger partial charge in [-0.25, -0.2) is 9.67 Å². The maximum absolute atomic E-state index is 12.9. The van der Waals surface area contributed by atoms with E-state index in [1.165, 1.54) is 5.56 Å². The van der Waals surface area contributed by atoms with Gasteiger partial charge >= 0.3 is 0 Å². The van der Waals surface area contributed by atoms with E-state index < -0.39 is 0 Å². The van der Waals surface area contributed by atoms with E-state index in [1.54, 1.807) is 9.58 Å². The number of aryl methyl sites for hydroxylation is 1. The monoisotopic (exact) mass is 356 g/mol. The molecule has 1 unspecified atom stereocenters. The Morgan fingerprint density at radius 1 is 1.38 bits per heavy atom. The molecule has 140 valence electrons. The molecule has 1 aliphatic rings. The molecule has 0 spiro atoms. The van der Waals surface area contributed by atoms with E-state index in [4.69, 9.17) is 4.74 Å². The Morgan fingerprint density at radius 2 is 2.15 bits per heavy atom. The molecule has 6 heteroatoms. The van der Waals surface area contributed by atoms with Gasteiger partial charge in [0.2, 0.25) is 5.82 Å². The number of hydrogen-bond donors (Lipinski definition) is 0. The molecular formula is C20H28N4O2. The summed E-state index contributed by atoms with van der Waals surface area (Å²) in [6, 6.07) is 8.13. The van der Waals surface area contributed by atoms with Crippen molar-refractivity contribution in [2.24, 2.45) is 0 Å². The van der Waals surface area contributed by atoms with Crippen LogP contribution in [0.25, 0.3) is 5.69 Å². The molecule has 0 saturated carbocycles. The normalized spacial score (nSPS) is 17.0. The van der Waals surface area contributed by atoms with Crippen molar-refractivity contribution in [1.82, 2.24) is 19.7 Å². The van der Waals surface area contributed by atoms with Crippen LogP contribution in [0.2, 0.25) is 0 Å². The molecule has 1 atom stereocenters. The topological polar surface area (TPSA) is 60.2 Å². The molecule has 0 aliphatic carbocycles. The van der Waals surface area contributed by atoms with Crippen molar-refractivity contribution < 1.29 is 9.53 Å². The molecule has 6 nitrogen and oxygen atoms in total. The van der Waals surface area contributed by atoms with Crippen LogP contribution in [0.3, 0.4) is 0 Å². The second kappa shape index (κ2) is 7.99. The fraction of sp³-hybridized carbons (Fsp3) is 0.550. The van der Waals surface area contributed by atoms with Crippen molar-refractivity contribution in [3.63, 3.8) is 0 Å². The second-order valence-electron chi connectivity index (χ2n) is 7.09. The molecule has 2 heterocycles. The maximum Gasteiger partial charge on any atom is 0.293 e. The highest BCUT2D eigenvalue weighted by Gasteiger charge is 2.25. The highest BCUT2D eigenvalue weighted by Crippen LogP contribution is 2.23. The van der Waals surface area contributed by atoms with Crippen molar-refractivity contribution in [1.29, 1.82) is 0 Å². The fourth-order valence-corrected chi connectivity index (χ4v) is 3.41. The molecule has 3 rings (SSSR count). The van der Waals surface area contributed by atoms with Crippen molar-refractivity contribution in [3.8, 4) is 5.69 Å². The minimum absolute atomic E-state index is 0.128. The number of likely N-dealkylation sites (N-methyl/N-ethyl adjacent to an activating group) is 1. The predicted octanol–water partition coefficient (Wildman–Crippen LogP) is 3.34. The minimum Gasteiger partial charge on any atom is -0.376 e. The maximum atomic E-state index is 12.9. The van der Waals surface area contributed by atoms with Gasteiger partial charge in [0.25, 0.3) is 5.91 Å². The lowest BCUT2D eigenvalue weighted by Gasteiger charge is -2.22. The summed E-state index contributed by atoms with van der Waals surface area (Å²) in [7, 11) is 0. The lowest BCUT2D eigenvalue weighted by Crippen LogP contribution is -2.37. The van der Waals surface area contributed by atoms with Gasteiger partial charge in [0.15, 0.2) is 0 Å². The first-order valence-electron chi connectivity index (χ1n) is 9.45. The van der Waals surface area contributed by atoms with E-state index in [-0.39, 0.29) is 17.8 Å². The second-order valence-corrected chi connectivity index (χ2v) is 7.09. The van der Waals surface area contributed by atoms with E-state index in [1.807, 2.05) is 32.0 Å². The average Bonchev–Trinajstić information content (AvgIpc) is 3.28. The quantitative estimate of drug-likeness (QED) is 0.796. The van der Waals surface area contributed by atoms with E-state index in [9.17, 15) is 4.79 Å². The number of benzene rings is 1. The molecule has 26 heavy (non-hydrogen) atoms. The van der Waals surface area contributed by atoms with Gasteiger partial charge in [-0.05, 0) is 44.2 Å². The number of hydrogen-bond acceptors (Lipinski definition) is 4. The van der Waals surface area contributed by atoms with Crippen LogP contribution < -0.4 is 0 Å². The molecule has 1 aliphatic heterocycles. The first-order valence-corrected chi connectivity index (χ1v) is 9.45. The summed E-state index contributed by atoms with van der Waals surface area (Å²) in [6.07, 6.45) is 2.20. The molecule has 0 radical (unpaired) electrons. The van der Waals surface area contributed by atoms with Gasteiger partial charge < -0.3 is 9.64 Å². The third-order valence-electron chi connectivity index (χ3n) is 4.86. The summed E-state index contributed by atoms with van der Waals surface area (Å²) in [6.45, 7) is 10.2. The Hall–Kier alpha value is -2.21. The standard InChI is InChI=1S/C20H28N4O2/c1-5-23(13-16-9-8-12-26-16)20(25)19-21-15(4)24(22-19)18-11-7-6-10-17(18)14(2)3/h6-7,10-11,14,16H,5,8-9,12-13H2,1-4H3. The van der Waals surface area contributed by atoms with E-state index >= 15 is 0 Å². The van der Waals surface area contributed by atoms with E-state index in [0.29, 0.717) is 19.0 Å². The number of ether oxygens (including phenoxy) is 1. The average molecular weight is 356 g/mol. The van der Waals surface area contributed by atoms with Crippen molar-refractivity contribution >= 4 is 5.91 Å². The van der Waals surface area contributed by atoms with Gasteiger partial charge in [0, 0.05) is 19.7 Å². The summed E-state index contributed by atoms with van der Waals surface area (Å²) in [5.41, 5.74) is 2.17. The number of para-hydroxylation sites is 1. The van der Waals surface area contributed by atoms with Gasteiger partial charge in [-0.15, -0.1) is 5.10 Å². The summed E-state index contributed by atoms with van der Waals surface area (Å²) >= 11 is 0. The first kappa shape index (κ1) is 18.6. The number of aromatic nitrogens is 3. The zero-order chi connectivity index (χ0) is 18.7. The summed E-state index contributed by atoms with van der Waals surface area (Å²) in [5.74, 6) is 1.20. The SMILES string of the molecule is CCN(CC1CCCO1)C(=O)c1nc(C)n(-c2ccccc2C(C)C)n1. The Balaban J connectivity index is 1.86. The van der Waals surface area contributed by atoms with Crippen LogP contribution in [0.15, 0.2) is 24.3 Å². The lowest BCUT2D eigenvalue weighted by molar-refractivity contribution is 0.0530. The van der Waals surface area contributed by atoms with Crippen LogP contribution >= 0.6 is 0 Å². The van der Waals surface area contributed by atoms with Gasteiger partial charge in [0.05, 0.1) is 11.8 Å². The molecule has 0 bridgehead atoms. The lowest BCUT2D eigenvalue weighted by atomic mass is 10.0. The van der Waals surface area contributed by atoms with Crippen LogP contribution in [0.1, 0.15) is 61.5 Å². The Morgan fingerprint density at radius 3 is 2.81 bits per heavy atom. The minimum atomic E-state index is -0.133. The Labute approximate surface area is 155 Å². The molecule has 1 amide bonds. The first-order chi connectivity index (χ1) is 12.5. The van der Waals surface area contributed by atoms with E-state index in [0.717, 1.165) is 31.0 Å². The molecule has 1 saturated heterocycles. The Bertz CT molecular complexity index is 763. The highest BCUT2D eigenvalue weighted by molar-refractivity contribution is 5.90. The summed E-state index contributed by atoms with van der Waals surface area (Å²) in [5, 5.41) is 4.54. The summed E-state index contributed by atoms with van der Waals surface area (Å²) in [4.78, 5) is 19.1. The summed E-state index contributed by atoms with van der Waals surface area (Å²) < 4.78 is 7.45. The van der Waals surface area contributed by atoms with Crippen LogP contribution in [-0.2, 0) is 4.74 Å².